The van der Waals surface area contributed by atoms with Gasteiger partial charge >= 0.3 is 6.09 Å². The van der Waals surface area contributed by atoms with Crippen LogP contribution < -0.4 is 10.2 Å². The van der Waals surface area contributed by atoms with Gasteiger partial charge in [0.15, 0.2) is 0 Å². The van der Waals surface area contributed by atoms with Gasteiger partial charge in [-0.3, -0.25) is 14.5 Å². The molecule has 1 aliphatic carbocycles. The highest BCUT2D eigenvalue weighted by Crippen LogP contribution is 2.39. The molecular weight excluding hydrogens is 475 g/mol. The molecule has 7 nitrogen and oxygen atoms in total. The minimum Gasteiger partial charge on any atom is -0.453 e. The minimum atomic E-state index is -2.88. The highest BCUT2D eigenvalue weighted by Gasteiger charge is 2.47. The van der Waals surface area contributed by atoms with Crippen LogP contribution in [0.15, 0.2) is 48.5 Å². The van der Waals surface area contributed by atoms with Gasteiger partial charge in [-0.05, 0) is 24.3 Å². The van der Waals surface area contributed by atoms with Crippen molar-refractivity contribution in [3.63, 3.8) is 0 Å². The third kappa shape index (κ3) is 5.80. The molecule has 1 atom stereocenters. The van der Waals surface area contributed by atoms with Gasteiger partial charge in [0.1, 0.15) is 18.4 Å². The zero-order chi connectivity index (χ0) is 25.0. The lowest BCUT2D eigenvalue weighted by molar-refractivity contribution is -0.132. The fraction of sp³-hybridized carbons (Fsp3) is 0.348. The van der Waals surface area contributed by atoms with Crippen LogP contribution in [0.25, 0.3) is 0 Å². The Bertz CT molecular complexity index is 1080. The molecule has 2 aromatic carbocycles. The van der Waals surface area contributed by atoms with Crippen LogP contribution in [-0.2, 0) is 14.3 Å². The predicted molar refractivity (Wildman–Crippen MR) is 119 cm³/mol. The molecule has 1 fully saturated rings. The van der Waals surface area contributed by atoms with Crippen molar-refractivity contribution in [1.82, 2.24) is 10.2 Å². The molecule has 0 heterocycles. The number of nitrogens with one attached hydrogen (secondary N) is 1. The molecule has 1 N–H and O–H groups in total. The number of amides is 3. The van der Waals surface area contributed by atoms with Gasteiger partial charge in [0.05, 0.1) is 7.11 Å². The maximum absolute atomic E-state index is 14.1. The summed E-state index contributed by atoms with van der Waals surface area (Å²) in [7, 11) is 2.45. The number of hydrogen-bond donors (Lipinski definition) is 1. The average molecular weight is 498 g/mol. The van der Waals surface area contributed by atoms with Crippen LogP contribution in [0.3, 0.4) is 0 Å². The first kappa shape index (κ1) is 25.4. The smallest absolute Gasteiger partial charge is 0.409 e. The summed E-state index contributed by atoms with van der Waals surface area (Å²) in [5, 5.41) is 2.67. The van der Waals surface area contributed by atoms with Crippen molar-refractivity contribution in [1.29, 1.82) is 0 Å². The zero-order valence-electron chi connectivity index (χ0n) is 18.4. The molecule has 1 unspecified atom stereocenters. The molecule has 3 amide bonds. The largest absolute Gasteiger partial charge is 0.453 e. The molecule has 0 aliphatic heterocycles. The Kier molecular flexibility index (Phi) is 7.71. The number of rotatable bonds is 7. The van der Waals surface area contributed by atoms with Crippen molar-refractivity contribution in [2.75, 3.05) is 25.6 Å². The summed E-state index contributed by atoms with van der Waals surface area (Å²) in [5.74, 6) is -5.07. The second-order valence-electron chi connectivity index (χ2n) is 7.96. The number of benzene rings is 2. The molecule has 0 saturated heterocycles. The quantitative estimate of drug-likeness (QED) is 0.623. The molecule has 0 radical (unpaired) electrons. The number of carbonyl (C=O) groups excluding carboxylic acids is 3. The Labute approximate surface area is 199 Å². The van der Waals surface area contributed by atoms with E-state index >= 15 is 0 Å². The summed E-state index contributed by atoms with van der Waals surface area (Å²) in [6.07, 6.45) is -1.87. The SMILES string of the molecule is COC(=O)N(C)CC(=O)N(c1cccc(F)c1)C(C(=O)NC1CC(F)(F)C1)c1ccccc1Cl. The zero-order valence-corrected chi connectivity index (χ0v) is 19.2. The fourth-order valence-corrected chi connectivity index (χ4v) is 3.94. The van der Waals surface area contributed by atoms with Crippen molar-refractivity contribution in [3.05, 3.63) is 64.9 Å². The molecule has 1 saturated carbocycles. The van der Waals surface area contributed by atoms with Crippen LogP contribution in [0, 0.1) is 5.82 Å². The first-order valence-electron chi connectivity index (χ1n) is 10.3. The first-order valence-corrected chi connectivity index (χ1v) is 10.7. The first-order chi connectivity index (χ1) is 16.0. The summed E-state index contributed by atoms with van der Waals surface area (Å²) in [5.41, 5.74) is 0.216. The van der Waals surface area contributed by atoms with Crippen LogP contribution in [0.4, 0.5) is 23.7 Å². The Morgan fingerprint density at radius 2 is 1.85 bits per heavy atom. The Morgan fingerprint density at radius 3 is 2.44 bits per heavy atom. The Morgan fingerprint density at radius 1 is 1.18 bits per heavy atom. The number of ether oxygens (including phenoxy) is 1. The van der Waals surface area contributed by atoms with Crippen molar-refractivity contribution in [2.24, 2.45) is 0 Å². The second-order valence-corrected chi connectivity index (χ2v) is 8.37. The molecule has 0 spiro atoms. The van der Waals surface area contributed by atoms with Gasteiger partial charge < -0.3 is 15.0 Å². The van der Waals surface area contributed by atoms with E-state index < -0.39 is 61.1 Å². The number of carbonyl (C=O) groups is 3. The van der Waals surface area contributed by atoms with Crippen molar-refractivity contribution >= 4 is 35.2 Å². The molecule has 2 aromatic rings. The maximum atomic E-state index is 14.1. The molecular formula is C23H23ClF3N3O4. The number of halogens is 4. The Hall–Kier alpha value is -3.27. The molecule has 34 heavy (non-hydrogen) atoms. The highest BCUT2D eigenvalue weighted by atomic mass is 35.5. The molecule has 11 heteroatoms. The van der Waals surface area contributed by atoms with Gasteiger partial charge in [-0.2, -0.15) is 0 Å². The molecule has 0 aromatic heterocycles. The van der Waals surface area contributed by atoms with E-state index in [1.54, 1.807) is 12.1 Å². The summed E-state index contributed by atoms with van der Waals surface area (Å²) < 4.78 is 45.4. The van der Waals surface area contributed by atoms with Gasteiger partial charge in [0.2, 0.25) is 11.8 Å². The van der Waals surface area contributed by atoms with Gasteiger partial charge in [0.25, 0.3) is 5.92 Å². The summed E-state index contributed by atoms with van der Waals surface area (Å²) in [6.45, 7) is -0.515. The van der Waals surface area contributed by atoms with Gasteiger partial charge in [-0.25, -0.2) is 18.0 Å². The topological polar surface area (TPSA) is 79.0 Å². The lowest BCUT2D eigenvalue weighted by Gasteiger charge is -2.38. The predicted octanol–water partition coefficient (Wildman–Crippen LogP) is 4.17. The van der Waals surface area contributed by atoms with Gasteiger partial charge in [0, 0.05) is 42.2 Å². The molecule has 182 valence electrons. The monoisotopic (exact) mass is 497 g/mol. The van der Waals surface area contributed by atoms with E-state index in [9.17, 15) is 27.6 Å². The number of methoxy groups -OCH3 is 1. The van der Waals surface area contributed by atoms with E-state index in [1.807, 2.05) is 0 Å². The number of nitrogens with zero attached hydrogens (tertiary/aromatic N) is 2. The molecule has 3 rings (SSSR count). The van der Waals surface area contributed by atoms with Crippen LogP contribution in [0.1, 0.15) is 24.4 Å². The summed E-state index contributed by atoms with van der Waals surface area (Å²) in [6, 6.07) is 8.96. The highest BCUT2D eigenvalue weighted by molar-refractivity contribution is 6.31. The number of anilines is 1. The van der Waals surface area contributed by atoms with Crippen LogP contribution in [0.5, 0.6) is 0 Å². The van der Waals surface area contributed by atoms with Crippen LogP contribution in [-0.4, -0.2) is 55.5 Å². The average Bonchev–Trinajstić information content (AvgIpc) is 2.75. The summed E-state index contributed by atoms with van der Waals surface area (Å²) >= 11 is 6.34. The van der Waals surface area contributed by atoms with E-state index in [4.69, 9.17) is 11.6 Å². The maximum Gasteiger partial charge on any atom is 0.409 e. The third-order valence-electron chi connectivity index (χ3n) is 5.36. The van der Waals surface area contributed by atoms with Crippen molar-refractivity contribution in [2.45, 2.75) is 30.8 Å². The number of hydrogen-bond acceptors (Lipinski definition) is 4. The van der Waals surface area contributed by atoms with Crippen LogP contribution in [0.2, 0.25) is 5.02 Å². The van der Waals surface area contributed by atoms with E-state index in [0.29, 0.717) is 0 Å². The van der Waals surface area contributed by atoms with Crippen LogP contribution >= 0.6 is 11.6 Å². The van der Waals surface area contributed by atoms with E-state index in [2.05, 4.69) is 10.1 Å². The standard InChI is InChI=1S/C23H23ClF3N3O4/c1-29(22(33)34-2)13-19(31)30(16-7-5-6-14(25)10-16)20(17-8-3-4-9-18(17)24)21(32)28-15-11-23(26,27)12-15/h3-10,15,20H,11-13H2,1-2H3,(H,28,32). The molecule has 0 bridgehead atoms. The molecule has 1 aliphatic rings. The van der Waals surface area contributed by atoms with E-state index in [-0.39, 0.29) is 16.3 Å². The third-order valence-corrected chi connectivity index (χ3v) is 5.70. The number of alkyl halides is 2. The lowest BCUT2D eigenvalue weighted by Crippen LogP contribution is -2.54. The van der Waals surface area contributed by atoms with E-state index in [0.717, 1.165) is 29.0 Å². The van der Waals surface area contributed by atoms with E-state index in [1.165, 1.54) is 31.3 Å². The van der Waals surface area contributed by atoms with Crippen molar-refractivity contribution < 1.29 is 32.3 Å². The summed E-state index contributed by atoms with van der Waals surface area (Å²) in [4.78, 5) is 40.6. The van der Waals surface area contributed by atoms with Gasteiger partial charge in [-0.1, -0.05) is 35.9 Å². The Balaban J connectivity index is 2.05. The normalized spacial score (nSPS) is 15.6. The fourth-order valence-electron chi connectivity index (χ4n) is 3.70. The minimum absolute atomic E-state index is 0.0160. The number of likely N-dealkylation sites (N-methyl/N-ethyl adjacent to an activating group) is 1. The van der Waals surface area contributed by atoms with Gasteiger partial charge in [-0.15, -0.1) is 0 Å². The van der Waals surface area contributed by atoms with Crippen molar-refractivity contribution in [3.8, 4) is 0 Å². The lowest BCUT2D eigenvalue weighted by atomic mass is 9.87. The second kappa shape index (κ2) is 10.3.